The van der Waals surface area contributed by atoms with Gasteiger partial charge in [-0.05, 0) is 63.1 Å². The molecule has 7 heteroatoms. The molecule has 0 spiro atoms. The van der Waals surface area contributed by atoms with Gasteiger partial charge in [-0.2, -0.15) is 0 Å². The van der Waals surface area contributed by atoms with Gasteiger partial charge in [0.2, 0.25) is 11.8 Å². The zero-order valence-corrected chi connectivity index (χ0v) is 17.5. The highest BCUT2D eigenvalue weighted by molar-refractivity contribution is 6.09. The number of hydrogen-bond acceptors (Lipinski definition) is 4. The lowest BCUT2D eigenvalue weighted by Gasteiger charge is -2.45. The van der Waals surface area contributed by atoms with Gasteiger partial charge in [-0.25, -0.2) is 0 Å². The smallest absolute Gasteiger partial charge is 0.253 e. The van der Waals surface area contributed by atoms with E-state index in [1.165, 1.54) is 0 Å². The van der Waals surface area contributed by atoms with Gasteiger partial charge < -0.3 is 14.7 Å². The fourth-order valence-electron chi connectivity index (χ4n) is 5.36. The van der Waals surface area contributed by atoms with E-state index in [0.29, 0.717) is 5.56 Å². The third-order valence-electron chi connectivity index (χ3n) is 7.02. The minimum atomic E-state index is -0.197. The second-order valence-corrected chi connectivity index (χ2v) is 8.92. The Morgan fingerprint density at radius 1 is 0.833 bits per heavy atom. The van der Waals surface area contributed by atoms with Gasteiger partial charge in [0.05, 0.1) is 11.4 Å². The number of fused-ring (bicyclic) bond motifs is 3. The number of benzene rings is 1. The highest BCUT2D eigenvalue weighted by Gasteiger charge is 2.41. The van der Waals surface area contributed by atoms with Crippen LogP contribution in [0, 0.1) is 0 Å². The molecule has 30 heavy (non-hydrogen) atoms. The molecule has 4 aliphatic rings. The lowest BCUT2D eigenvalue weighted by molar-refractivity contribution is -0.131. The molecule has 0 aromatic heterocycles. The van der Waals surface area contributed by atoms with Crippen molar-refractivity contribution in [1.29, 1.82) is 0 Å². The summed E-state index contributed by atoms with van der Waals surface area (Å²) in [4.78, 5) is 46.9. The molecule has 7 nitrogen and oxygen atoms in total. The maximum Gasteiger partial charge on any atom is 0.253 e. The molecule has 0 unspecified atom stereocenters. The van der Waals surface area contributed by atoms with Crippen LogP contribution in [0.2, 0.25) is 0 Å². The summed E-state index contributed by atoms with van der Waals surface area (Å²) in [5, 5.41) is 0. The lowest BCUT2D eigenvalue weighted by atomic mass is 9.95. The molecular formula is C23H30N4O3. The van der Waals surface area contributed by atoms with E-state index in [4.69, 9.17) is 0 Å². The van der Waals surface area contributed by atoms with Crippen LogP contribution in [0.25, 0.3) is 0 Å². The second-order valence-electron chi connectivity index (χ2n) is 8.92. The topological polar surface area (TPSA) is 64.2 Å². The van der Waals surface area contributed by atoms with Gasteiger partial charge in [-0.15, -0.1) is 0 Å². The van der Waals surface area contributed by atoms with Crippen LogP contribution in [-0.2, 0) is 9.59 Å². The molecule has 160 valence electrons. The van der Waals surface area contributed by atoms with Crippen LogP contribution in [0.3, 0.4) is 0 Å². The van der Waals surface area contributed by atoms with Crippen LogP contribution in [0.1, 0.15) is 55.3 Å². The lowest BCUT2D eigenvalue weighted by Crippen LogP contribution is -2.57. The monoisotopic (exact) mass is 410 g/mol. The van der Waals surface area contributed by atoms with E-state index in [9.17, 15) is 14.4 Å². The summed E-state index contributed by atoms with van der Waals surface area (Å²) in [6.07, 6.45) is 7.05. The van der Waals surface area contributed by atoms with E-state index in [1.807, 2.05) is 28.0 Å². The number of rotatable bonds is 3. The first-order chi connectivity index (χ1) is 14.6. The van der Waals surface area contributed by atoms with Gasteiger partial charge >= 0.3 is 0 Å². The Hall–Kier alpha value is -2.57. The van der Waals surface area contributed by atoms with Crippen molar-refractivity contribution < 1.29 is 14.4 Å². The first-order valence-corrected chi connectivity index (χ1v) is 11.4. The molecule has 3 fully saturated rings. The van der Waals surface area contributed by atoms with E-state index in [2.05, 4.69) is 4.90 Å². The van der Waals surface area contributed by atoms with Gasteiger partial charge in [-0.3, -0.25) is 19.3 Å². The van der Waals surface area contributed by atoms with Gasteiger partial charge in [-0.1, -0.05) is 0 Å². The molecular weight excluding hydrogens is 380 g/mol. The summed E-state index contributed by atoms with van der Waals surface area (Å²) >= 11 is 0. The molecule has 1 aromatic carbocycles. The van der Waals surface area contributed by atoms with Crippen LogP contribution in [0.4, 0.5) is 11.4 Å². The molecule has 4 heterocycles. The fourth-order valence-corrected chi connectivity index (χ4v) is 5.36. The summed E-state index contributed by atoms with van der Waals surface area (Å²) in [5.41, 5.74) is 2.31. The molecule has 0 saturated carbocycles. The molecule has 3 saturated heterocycles. The van der Waals surface area contributed by atoms with Crippen molar-refractivity contribution in [1.82, 2.24) is 9.80 Å². The maximum absolute atomic E-state index is 13.4. The van der Waals surface area contributed by atoms with Crippen molar-refractivity contribution in [2.45, 2.75) is 51.0 Å². The Morgan fingerprint density at radius 2 is 1.50 bits per heavy atom. The molecule has 5 rings (SSSR count). The summed E-state index contributed by atoms with van der Waals surface area (Å²) in [7, 11) is 0. The van der Waals surface area contributed by atoms with Crippen molar-refractivity contribution in [2.24, 2.45) is 0 Å². The average Bonchev–Trinajstić information content (AvgIpc) is 3.50. The van der Waals surface area contributed by atoms with Crippen LogP contribution in [0.15, 0.2) is 18.2 Å². The SMILES string of the molecule is O=C(CN1C(=O)[C@H]2CCCCN2c2ccc(C(=O)N3CCCC3)cc21)N1CCCC1. The van der Waals surface area contributed by atoms with Crippen LogP contribution < -0.4 is 9.80 Å². The van der Waals surface area contributed by atoms with Crippen molar-refractivity contribution >= 4 is 29.1 Å². The number of likely N-dealkylation sites (tertiary alicyclic amines) is 2. The van der Waals surface area contributed by atoms with Gasteiger partial charge in [0.15, 0.2) is 0 Å². The van der Waals surface area contributed by atoms with E-state index >= 15 is 0 Å². The molecule has 0 N–H and O–H groups in total. The molecule has 3 amide bonds. The Bertz CT molecular complexity index is 858. The summed E-state index contributed by atoms with van der Waals surface area (Å²) < 4.78 is 0. The number of amides is 3. The quantitative estimate of drug-likeness (QED) is 0.767. The predicted octanol–water partition coefficient (Wildman–Crippen LogP) is 2.25. The predicted molar refractivity (Wildman–Crippen MR) is 115 cm³/mol. The summed E-state index contributed by atoms with van der Waals surface area (Å²) in [6, 6.07) is 5.52. The van der Waals surface area contributed by atoms with E-state index in [1.54, 1.807) is 4.90 Å². The normalized spacial score (nSPS) is 23.6. The van der Waals surface area contributed by atoms with Gasteiger partial charge in [0.25, 0.3) is 5.91 Å². The number of carbonyl (C=O) groups is 3. The van der Waals surface area contributed by atoms with E-state index in [-0.39, 0.29) is 30.3 Å². The molecule has 0 bridgehead atoms. The van der Waals surface area contributed by atoms with Gasteiger partial charge in [0.1, 0.15) is 12.6 Å². The number of piperidine rings is 1. The third-order valence-corrected chi connectivity index (χ3v) is 7.02. The van der Waals surface area contributed by atoms with Crippen molar-refractivity contribution in [3.05, 3.63) is 23.8 Å². The van der Waals surface area contributed by atoms with Crippen molar-refractivity contribution in [2.75, 3.05) is 49.1 Å². The Labute approximate surface area is 177 Å². The van der Waals surface area contributed by atoms with E-state index in [0.717, 1.165) is 89.0 Å². The van der Waals surface area contributed by atoms with Crippen molar-refractivity contribution in [3.8, 4) is 0 Å². The number of nitrogens with zero attached hydrogens (tertiary/aromatic N) is 4. The highest BCUT2D eigenvalue weighted by atomic mass is 16.2. The number of carbonyl (C=O) groups excluding carboxylic acids is 3. The minimum absolute atomic E-state index is 0.000480. The average molecular weight is 411 g/mol. The first-order valence-electron chi connectivity index (χ1n) is 11.4. The Balaban J connectivity index is 1.49. The highest BCUT2D eigenvalue weighted by Crippen LogP contribution is 2.40. The molecule has 1 atom stereocenters. The maximum atomic E-state index is 13.4. The van der Waals surface area contributed by atoms with Crippen LogP contribution >= 0.6 is 0 Å². The standard InChI is InChI=1S/C23H30N4O3/c28-21(24-10-3-4-11-24)16-27-20-15-17(22(29)25-12-5-6-13-25)8-9-18(20)26-14-2-1-7-19(26)23(27)30/h8-9,15,19H,1-7,10-14,16H2/t19-/m1/s1. The molecule has 4 aliphatic heterocycles. The largest absolute Gasteiger partial charge is 0.358 e. The summed E-state index contributed by atoms with van der Waals surface area (Å²) in [5.74, 6) is 0.0298. The van der Waals surface area contributed by atoms with Crippen LogP contribution in [-0.4, -0.2) is 72.8 Å². The minimum Gasteiger partial charge on any atom is -0.358 e. The molecule has 0 aliphatic carbocycles. The first kappa shape index (κ1) is 19.4. The van der Waals surface area contributed by atoms with Gasteiger partial charge in [0, 0.05) is 38.3 Å². The summed E-state index contributed by atoms with van der Waals surface area (Å²) in [6.45, 7) is 4.04. The molecule has 1 aromatic rings. The number of hydrogen-bond donors (Lipinski definition) is 0. The second kappa shape index (κ2) is 7.93. The zero-order chi connectivity index (χ0) is 20.7. The van der Waals surface area contributed by atoms with Crippen molar-refractivity contribution in [3.63, 3.8) is 0 Å². The van der Waals surface area contributed by atoms with Crippen LogP contribution in [0.5, 0.6) is 0 Å². The fraction of sp³-hybridized carbons (Fsp3) is 0.609. The Morgan fingerprint density at radius 3 is 2.23 bits per heavy atom. The Kier molecular flexibility index (Phi) is 5.13. The van der Waals surface area contributed by atoms with E-state index < -0.39 is 0 Å². The molecule has 0 radical (unpaired) electrons. The third kappa shape index (κ3) is 3.34. The zero-order valence-electron chi connectivity index (χ0n) is 17.5. The number of anilines is 2.